The predicted octanol–water partition coefficient (Wildman–Crippen LogP) is 0.767. The van der Waals surface area contributed by atoms with Crippen LogP contribution in [-0.2, 0) is 20.0 Å². The van der Waals surface area contributed by atoms with E-state index >= 15 is 0 Å². The van der Waals surface area contributed by atoms with Crippen molar-refractivity contribution in [2.24, 2.45) is 0 Å². The molecule has 0 fully saturated rings. The van der Waals surface area contributed by atoms with Crippen LogP contribution < -0.4 is 9.66 Å². The maximum Gasteiger partial charge on any atom is 0.270 e. The Labute approximate surface area is 132 Å². The second-order valence-electron chi connectivity index (χ2n) is 4.28. The van der Waals surface area contributed by atoms with Gasteiger partial charge in [-0.2, -0.15) is 0 Å². The number of rotatable bonds is 6. The molecule has 11 heteroatoms. The number of sulfonamides is 2. The Bertz CT molecular complexity index is 926. The van der Waals surface area contributed by atoms with Gasteiger partial charge in [-0.1, -0.05) is 24.3 Å². The molecule has 23 heavy (non-hydrogen) atoms. The van der Waals surface area contributed by atoms with E-state index in [-0.39, 0.29) is 4.90 Å². The summed E-state index contributed by atoms with van der Waals surface area (Å²) in [5.41, 5.74) is -0.432. The lowest BCUT2D eigenvalue weighted by Gasteiger charge is -2.09. The van der Waals surface area contributed by atoms with Crippen LogP contribution in [0, 0.1) is 10.1 Å². The second-order valence-corrected chi connectivity index (χ2v) is 7.64. The van der Waals surface area contributed by atoms with Crippen molar-refractivity contribution in [3.05, 3.63) is 64.7 Å². The van der Waals surface area contributed by atoms with E-state index in [1.165, 1.54) is 30.3 Å². The first-order chi connectivity index (χ1) is 10.7. The highest BCUT2D eigenvalue weighted by Gasteiger charge is 2.21. The van der Waals surface area contributed by atoms with Gasteiger partial charge in [0.05, 0.1) is 14.7 Å². The number of non-ortho nitro benzene ring substituents is 1. The molecule has 0 aliphatic heterocycles. The molecule has 0 bridgehead atoms. The lowest BCUT2D eigenvalue weighted by atomic mass is 10.3. The molecule has 2 aromatic carbocycles. The predicted molar refractivity (Wildman–Crippen MR) is 80.2 cm³/mol. The fourth-order valence-electron chi connectivity index (χ4n) is 1.59. The van der Waals surface area contributed by atoms with E-state index in [0.717, 1.165) is 18.2 Å². The van der Waals surface area contributed by atoms with Crippen molar-refractivity contribution in [3.63, 3.8) is 0 Å². The highest BCUT2D eigenvalue weighted by atomic mass is 32.2. The SMILES string of the molecule is O=[N+]([O-])c1cccc(S(=O)(=O)NNS(=O)(=O)c2ccccc2)c1. The summed E-state index contributed by atoms with van der Waals surface area (Å²) in [6, 6.07) is 11.3. The summed E-state index contributed by atoms with van der Waals surface area (Å²) in [7, 11) is -8.40. The van der Waals surface area contributed by atoms with Crippen LogP contribution in [0.25, 0.3) is 0 Å². The monoisotopic (exact) mass is 357 g/mol. The van der Waals surface area contributed by atoms with Gasteiger partial charge in [-0.15, -0.1) is 9.66 Å². The number of hydrogen-bond donors (Lipinski definition) is 2. The van der Waals surface area contributed by atoms with E-state index in [4.69, 9.17) is 0 Å². The number of benzene rings is 2. The molecule has 122 valence electrons. The number of hydrogen-bond acceptors (Lipinski definition) is 6. The molecule has 0 unspecified atom stereocenters. The first-order valence-corrected chi connectivity index (χ1v) is 9.02. The van der Waals surface area contributed by atoms with Crippen molar-refractivity contribution in [1.82, 2.24) is 9.66 Å². The van der Waals surface area contributed by atoms with Gasteiger partial charge in [0.25, 0.3) is 25.7 Å². The lowest BCUT2D eigenvalue weighted by molar-refractivity contribution is -0.385. The third-order valence-electron chi connectivity index (χ3n) is 2.70. The minimum atomic E-state index is -4.30. The molecule has 0 spiro atoms. The third-order valence-corrected chi connectivity index (χ3v) is 5.34. The van der Waals surface area contributed by atoms with Crippen LogP contribution >= 0.6 is 0 Å². The summed E-state index contributed by atoms with van der Waals surface area (Å²) in [6.07, 6.45) is 0. The number of nitro groups is 1. The number of nitrogens with zero attached hydrogens (tertiary/aromatic N) is 1. The Morgan fingerprint density at radius 1 is 0.783 bits per heavy atom. The summed E-state index contributed by atoms with van der Waals surface area (Å²) < 4.78 is 47.9. The molecule has 9 nitrogen and oxygen atoms in total. The lowest BCUT2D eigenvalue weighted by Crippen LogP contribution is -2.41. The molecular weight excluding hydrogens is 346 g/mol. The van der Waals surface area contributed by atoms with E-state index in [9.17, 15) is 26.9 Å². The molecule has 0 aromatic heterocycles. The van der Waals surface area contributed by atoms with Crippen LogP contribution in [0.1, 0.15) is 0 Å². The van der Waals surface area contributed by atoms with Crippen LogP contribution in [0.15, 0.2) is 64.4 Å². The molecule has 0 heterocycles. The topological polar surface area (TPSA) is 135 Å². The summed E-state index contributed by atoms with van der Waals surface area (Å²) in [4.78, 5) is 12.7. The van der Waals surface area contributed by atoms with Crippen molar-refractivity contribution in [1.29, 1.82) is 0 Å². The molecule has 0 amide bonds. The first kappa shape index (κ1) is 17.0. The van der Waals surface area contributed by atoms with Gasteiger partial charge in [-0.25, -0.2) is 16.8 Å². The van der Waals surface area contributed by atoms with E-state index in [1.54, 1.807) is 15.7 Å². The number of nitrogens with one attached hydrogen (secondary N) is 2. The van der Waals surface area contributed by atoms with Crippen molar-refractivity contribution < 1.29 is 21.8 Å². The maximum absolute atomic E-state index is 12.0. The molecule has 2 aromatic rings. The molecule has 0 saturated carbocycles. The van der Waals surface area contributed by atoms with E-state index < -0.39 is 35.6 Å². The average molecular weight is 357 g/mol. The van der Waals surface area contributed by atoms with Crippen molar-refractivity contribution in [3.8, 4) is 0 Å². The van der Waals surface area contributed by atoms with Crippen LogP contribution in [0.3, 0.4) is 0 Å². The minimum Gasteiger partial charge on any atom is -0.258 e. The Morgan fingerprint density at radius 2 is 1.30 bits per heavy atom. The van der Waals surface area contributed by atoms with Gasteiger partial charge in [-0.3, -0.25) is 10.1 Å². The first-order valence-electron chi connectivity index (χ1n) is 6.05. The van der Waals surface area contributed by atoms with Crippen molar-refractivity contribution >= 4 is 25.7 Å². The highest BCUT2D eigenvalue weighted by molar-refractivity contribution is 7.92. The van der Waals surface area contributed by atoms with Crippen LogP contribution in [-0.4, -0.2) is 21.8 Å². The van der Waals surface area contributed by atoms with Crippen LogP contribution in [0.4, 0.5) is 5.69 Å². The van der Waals surface area contributed by atoms with Gasteiger partial charge >= 0.3 is 0 Å². The minimum absolute atomic E-state index is 0.137. The van der Waals surface area contributed by atoms with Gasteiger partial charge < -0.3 is 0 Å². The Morgan fingerprint density at radius 3 is 1.87 bits per heavy atom. The smallest absolute Gasteiger partial charge is 0.258 e. The summed E-state index contributed by atoms with van der Waals surface area (Å²) in [5, 5.41) is 10.7. The summed E-state index contributed by atoms with van der Waals surface area (Å²) in [6.45, 7) is 0. The van der Waals surface area contributed by atoms with Crippen LogP contribution in [0.2, 0.25) is 0 Å². The average Bonchev–Trinajstić information content (AvgIpc) is 2.54. The largest absolute Gasteiger partial charge is 0.270 e. The van der Waals surface area contributed by atoms with Gasteiger partial charge in [0.1, 0.15) is 0 Å². The van der Waals surface area contributed by atoms with Crippen molar-refractivity contribution in [2.75, 3.05) is 0 Å². The summed E-state index contributed by atoms with van der Waals surface area (Å²) >= 11 is 0. The summed E-state index contributed by atoms with van der Waals surface area (Å²) in [5.74, 6) is 0. The molecule has 0 aliphatic carbocycles. The van der Waals surface area contributed by atoms with Gasteiger partial charge in [0, 0.05) is 12.1 Å². The van der Waals surface area contributed by atoms with E-state index in [2.05, 4.69) is 0 Å². The Balaban J connectivity index is 2.23. The fraction of sp³-hybridized carbons (Fsp3) is 0. The maximum atomic E-state index is 12.0. The Kier molecular flexibility index (Phi) is 4.75. The van der Waals surface area contributed by atoms with Crippen molar-refractivity contribution in [2.45, 2.75) is 9.79 Å². The molecule has 0 radical (unpaired) electrons. The van der Waals surface area contributed by atoms with Gasteiger partial charge in [-0.05, 0) is 18.2 Å². The van der Waals surface area contributed by atoms with Crippen LogP contribution in [0.5, 0.6) is 0 Å². The van der Waals surface area contributed by atoms with E-state index in [1.807, 2.05) is 0 Å². The standard InChI is InChI=1S/C12H11N3O6S2/c16-15(17)10-5-4-8-12(9-10)23(20,21)14-13-22(18,19)11-6-2-1-3-7-11/h1-9,13-14H. The second kappa shape index (κ2) is 6.42. The zero-order valence-electron chi connectivity index (χ0n) is 11.4. The Hall–Kier alpha value is -2.34. The molecule has 0 saturated heterocycles. The zero-order valence-corrected chi connectivity index (χ0v) is 13.0. The highest BCUT2D eigenvalue weighted by Crippen LogP contribution is 2.17. The number of hydrazine groups is 1. The van der Waals surface area contributed by atoms with E-state index in [0.29, 0.717) is 0 Å². The van der Waals surface area contributed by atoms with Gasteiger partial charge in [0.2, 0.25) is 0 Å². The molecule has 0 atom stereocenters. The van der Waals surface area contributed by atoms with Gasteiger partial charge in [0.15, 0.2) is 0 Å². The normalized spacial score (nSPS) is 12.0. The molecular formula is C12H11N3O6S2. The quantitative estimate of drug-likeness (QED) is 0.579. The number of nitro benzene ring substituents is 1. The molecule has 2 rings (SSSR count). The zero-order chi connectivity index (χ0) is 17.1. The molecule has 0 aliphatic rings. The third kappa shape index (κ3) is 4.10. The molecule has 2 N–H and O–H groups in total. The fourth-order valence-corrected chi connectivity index (χ4v) is 3.75.